The third kappa shape index (κ3) is 6.36. The van der Waals surface area contributed by atoms with Gasteiger partial charge in [-0.3, -0.25) is 9.48 Å². The fourth-order valence-corrected chi connectivity index (χ4v) is 3.19. The van der Waals surface area contributed by atoms with E-state index in [0.717, 1.165) is 16.8 Å². The molecular formula is C24H26ClN3O3. The normalized spacial score (nSPS) is 11.1. The van der Waals surface area contributed by atoms with Crippen LogP contribution in [0.25, 0.3) is 6.08 Å². The van der Waals surface area contributed by atoms with Crippen LogP contribution in [0.1, 0.15) is 25.0 Å². The molecule has 0 atom stereocenters. The third-order valence-electron chi connectivity index (χ3n) is 4.41. The number of hydrogen-bond donors (Lipinski definition) is 1. The molecule has 0 spiro atoms. The highest BCUT2D eigenvalue weighted by Crippen LogP contribution is 2.37. The summed E-state index contributed by atoms with van der Waals surface area (Å²) in [6, 6.07) is 13.0. The van der Waals surface area contributed by atoms with E-state index in [1.165, 1.54) is 6.08 Å². The molecule has 0 aliphatic rings. The van der Waals surface area contributed by atoms with Gasteiger partial charge in [0.2, 0.25) is 5.91 Å². The molecule has 1 aromatic heterocycles. The number of anilines is 1. The Morgan fingerprint density at radius 1 is 1.26 bits per heavy atom. The maximum Gasteiger partial charge on any atom is 0.248 e. The molecule has 162 valence electrons. The number of methoxy groups -OCH3 is 1. The maximum atomic E-state index is 12.5. The number of nitrogens with one attached hydrogen (secondary N) is 1. The molecule has 0 radical (unpaired) electrons. The van der Waals surface area contributed by atoms with Crippen molar-refractivity contribution in [3.8, 4) is 11.5 Å². The highest BCUT2D eigenvalue weighted by molar-refractivity contribution is 6.32. The molecule has 2 aromatic carbocycles. The van der Waals surface area contributed by atoms with E-state index in [9.17, 15) is 4.79 Å². The van der Waals surface area contributed by atoms with Gasteiger partial charge >= 0.3 is 0 Å². The predicted molar refractivity (Wildman–Crippen MR) is 124 cm³/mol. The molecule has 0 unspecified atom stereocenters. The standard InChI is InChI=1S/C24H26ClN3O3/c1-17(2)16-31-24-20(25)13-18(14-22(24)30-3)9-10-23(29)27-21-8-5-4-7-19(21)15-28-12-6-11-26-28/h4-14,17H,15-16H2,1-3H3,(H,27,29)/b10-9+. The number of aromatic nitrogens is 2. The van der Waals surface area contributed by atoms with Gasteiger partial charge in [-0.25, -0.2) is 0 Å². The van der Waals surface area contributed by atoms with Crippen molar-refractivity contribution in [3.63, 3.8) is 0 Å². The van der Waals surface area contributed by atoms with Crippen LogP contribution in [0, 0.1) is 5.92 Å². The van der Waals surface area contributed by atoms with E-state index in [4.69, 9.17) is 21.1 Å². The Bertz CT molecular complexity index is 1050. The number of para-hydroxylation sites is 1. The molecule has 1 heterocycles. The first kappa shape index (κ1) is 22.4. The maximum absolute atomic E-state index is 12.5. The first-order valence-corrected chi connectivity index (χ1v) is 10.4. The van der Waals surface area contributed by atoms with E-state index in [1.54, 1.807) is 36.2 Å². The molecule has 3 rings (SSSR count). The lowest BCUT2D eigenvalue weighted by Gasteiger charge is -2.14. The fraction of sp³-hybridized carbons (Fsp3) is 0.250. The molecule has 0 fully saturated rings. The molecule has 1 N–H and O–H groups in total. The van der Waals surface area contributed by atoms with Gasteiger partial charge in [-0.1, -0.05) is 43.6 Å². The van der Waals surface area contributed by atoms with Crippen LogP contribution < -0.4 is 14.8 Å². The zero-order valence-electron chi connectivity index (χ0n) is 17.8. The first-order chi connectivity index (χ1) is 15.0. The van der Waals surface area contributed by atoms with Gasteiger partial charge in [-0.2, -0.15) is 5.10 Å². The number of hydrogen-bond acceptors (Lipinski definition) is 4. The molecule has 0 aliphatic carbocycles. The van der Waals surface area contributed by atoms with Crippen molar-refractivity contribution in [3.05, 3.63) is 77.1 Å². The van der Waals surface area contributed by atoms with Crippen molar-refractivity contribution in [2.24, 2.45) is 5.92 Å². The van der Waals surface area contributed by atoms with Crippen LogP contribution in [0.15, 0.2) is 60.9 Å². The van der Waals surface area contributed by atoms with E-state index in [-0.39, 0.29) is 5.91 Å². The smallest absolute Gasteiger partial charge is 0.248 e. The average Bonchev–Trinajstić information content (AvgIpc) is 3.25. The second kappa shape index (κ2) is 10.7. The Labute approximate surface area is 187 Å². The van der Waals surface area contributed by atoms with Crippen molar-refractivity contribution in [1.29, 1.82) is 0 Å². The number of ether oxygens (including phenoxy) is 2. The number of rotatable bonds is 9. The van der Waals surface area contributed by atoms with Crippen LogP contribution in [0.4, 0.5) is 5.69 Å². The van der Waals surface area contributed by atoms with Crippen molar-refractivity contribution in [2.45, 2.75) is 20.4 Å². The van der Waals surface area contributed by atoms with Crippen molar-refractivity contribution in [1.82, 2.24) is 9.78 Å². The summed E-state index contributed by atoms with van der Waals surface area (Å²) in [5.41, 5.74) is 2.43. The molecule has 6 nitrogen and oxygen atoms in total. The summed E-state index contributed by atoms with van der Waals surface area (Å²) in [5, 5.41) is 7.58. The lowest BCUT2D eigenvalue weighted by Crippen LogP contribution is -2.11. The van der Waals surface area contributed by atoms with Gasteiger partial charge in [-0.05, 0) is 47.4 Å². The van der Waals surface area contributed by atoms with Crippen LogP contribution in [0.5, 0.6) is 11.5 Å². The first-order valence-electron chi connectivity index (χ1n) is 10.0. The number of halogens is 1. The minimum absolute atomic E-state index is 0.247. The fourth-order valence-electron chi connectivity index (χ4n) is 2.92. The van der Waals surface area contributed by atoms with Gasteiger partial charge in [0.1, 0.15) is 0 Å². The van der Waals surface area contributed by atoms with Crippen LogP contribution >= 0.6 is 11.6 Å². The molecule has 1 amide bonds. The Balaban J connectivity index is 1.71. The summed E-state index contributed by atoms with van der Waals surface area (Å²) < 4.78 is 13.0. The highest BCUT2D eigenvalue weighted by Gasteiger charge is 2.12. The van der Waals surface area contributed by atoms with Crippen molar-refractivity contribution in [2.75, 3.05) is 19.0 Å². The van der Waals surface area contributed by atoms with Gasteiger partial charge < -0.3 is 14.8 Å². The summed E-state index contributed by atoms with van der Waals surface area (Å²) in [7, 11) is 1.56. The van der Waals surface area contributed by atoms with Gasteiger partial charge in [0, 0.05) is 24.2 Å². The topological polar surface area (TPSA) is 65.4 Å². The van der Waals surface area contributed by atoms with Crippen molar-refractivity contribution < 1.29 is 14.3 Å². The third-order valence-corrected chi connectivity index (χ3v) is 4.69. The van der Waals surface area contributed by atoms with Crippen LogP contribution in [-0.2, 0) is 11.3 Å². The lowest BCUT2D eigenvalue weighted by molar-refractivity contribution is -0.111. The summed E-state index contributed by atoms with van der Waals surface area (Å²) in [6.07, 6.45) is 6.75. The van der Waals surface area contributed by atoms with Crippen molar-refractivity contribution >= 4 is 29.3 Å². The Morgan fingerprint density at radius 2 is 2.06 bits per heavy atom. The van der Waals surface area contributed by atoms with E-state index < -0.39 is 0 Å². The molecule has 31 heavy (non-hydrogen) atoms. The van der Waals surface area contributed by atoms with E-state index >= 15 is 0 Å². The average molecular weight is 440 g/mol. The molecule has 0 bridgehead atoms. The molecule has 0 saturated heterocycles. The second-order valence-electron chi connectivity index (χ2n) is 7.42. The SMILES string of the molecule is COc1cc(/C=C/C(=O)Nc2ccccc2Cn2cccn2)cc(Cl)c1OCC(C)C. The number of nitrogens with zero attached hydrogens (tertiary/aromatic N) is 2. The number of benzene rings is 2. The predicted octanol–water partition coefficient (Wildman–Crippen LogP) is 5.28. The number of carbonyl (C=O) groups excluding carboxylic acids is 1. The summed E-state index contributed by atoms with van der Waals surface area (Å²) in [5.74, 6) is 1.15. The van der Waals surface area contributed by atoms with Gasteiger partial charge in [0.05, 0.1) is 25.3 Å². The van der Waals surface area contributed by atoms with E-state index in [2.05, 4.69) is 24.3 Å². The molecule has 3 aromatic rings. The Morgan fingerprint density at radius 3 is 2.77 bits per heavy atom. The second-order valence-corrected chi connectivity index (χ2v) is 7.83. The van der Waals surface area contributed by atoms with Gasteiger partial charge in [0.15, 0.2) is 11.5 Å². The Hall–Kier alpha value is -3.25. The zero-order chi connectivity index (χ0) is 22.2. The van der Waals surface area contributed by atoms with E-state index in [1.807, 2.05) is 36.5 Å². The summed E-state index contributed by atoms with van der Waals surface area (Å²) >= 11 is 6.38. The minimum atomic E-state index is -0.247. The molecule has 0 aliphatic heterocycles. The summed E-state index contributed by atoms with van der Waals surface area (Å²) in [4.78, 5) is 12.5. The monoisotopic (exact) mass is 439 g/mol. The largest absolute Gasteiger partial charge is 0.493 e. The molecule has 0 saturated carbocycles. The number of carbonyl (C=O) groups is 1. The Kier molecular flexibility index (Phi) is 7.73. The van der Waals surface area contributed by atoms with Crippen LogP contribution in [0.3, 0.4) is 0 Å². The lowest BCUT2D eigenvalue weighted by atomic mass is 10.1. The molecular weight excluding hydrogens is 414 g/mol. The van der Waals surface area contributed by atoms with Crippen LogP contribution in [0.2, 0.25) is 5.02 Å². The van der Waals surface area contributed by atoms with Crippen LogP contribution in [-0.4, -0.2) is 29.4 Å². The van der Waals surface area contributed by atoms with Gasteiger partial charge in [-0.15, -0.1) is 0 Å². The quantitative estimate of drug-likeness (QED) is 0.460. The zero-order valence-corrected chi connectivity index (χ0v) is 18.6. The van der Waals surface area contributed by atoms with E-state index in [0.29, 0.717) is 35.6 Å². The molecule has 7 heteroatoms. The minimum Gasteiger partial charge on any atom is -0.493 e. The highest BCUT2D eigenvalue weighted by atomic mass is 35.5. The number of amides is 1. The van der Waals surface area contributed by atoms with Gasteiger partial charge in [0.25, 0.3) is 0 Å². The summed E-state index contributed by atoms with van der Waals surface area (Å²) in [6.45, 7) is 5.22.